The third-order valence-electron chi connectivity index (χ3n) is 3.89. The Morgan fingerprint density at radius 3 is 2.95 bits per heavy atom. The molecule has 1 amide bonds. The molecule has 21 heavy (non-hydrogen) atoms. The van der Waals surface area contributed by atoms with Gasteiger partial charge in [-0.3, -0.25) is 4.79 Å². The molecule has 2 N–H and O–H groups in total. The second-order valence-corrected chi connectivity index (χ2v) is 5.51. The molecule has 1 aliphatic heterocycles. The molecule has 0 aromatic heterocycles. The van der Waals surface area contributed by atoms with E-state index in [-0.39, 0.29) is 11.9 Å². The molecule has 0 aliphatic carbocycles. The normalized spacial score (nSPS) is 21.8. The van der Waals surface area contributed by atoms with Crippen LogP contribution in [0.3, 0.4) is 0 Å². The molecule has 0 spiro atoms. The lowest BCUT2D eigenvalue weighted by Crippen LogP contribution is -2.48. The van der Waals surface area contributed by atoms with Gasteiger partial charge in [-0.25, -0.2) is 0 Å². The molecule has 1 aromatic rings. The Hall–Kier alpha value is -1.55. The summed E-state index contributed by atoms with van der Waals surface area (Å²) in [5.41, 5.74) is 1.24. The Morgan fingerprint density at radius 2 is 2.19 bits per heavy atom. The van der Waals surface area contributed by atoms with Gasteiger partial charge >= 0.3 is 0 Å². The fourth-order valence-electron chi connectivity index (χ4n) is 2.86. The van der Waals surface area contributed by atoms with E-state index >= 15 is 0 Å². The molecule has 2 atom stereocenters. The lowest BCUT2D eigenvalue weighted by Gasteiger charge is -2.30. The minimum absolute atomic E-state index is 0.0945. The van der Waals surface area contributed by atoms with Gasteiger partial charge in [0.1, 0.15) is 5.75 Å². The number of carbonyl (C=O) groups excluding carboxylic acids is 1. The topological polar surface area (TPSA) is 50.4 Å². The Morgan fingerprint density at radius 1 is 1.38 bits per heavy atom. The first-order valence-electron chi connectivity index (χ1n) is 7.99. The van der Waals surface area contributed by atoms with Crippen molar-refractivity contribution in [1.29, 1.82) is 0 Å². The fraction of sp³-hybridized carbons (Fsp3) is 0.588. The molecule has 2 rings (SSSR count). The number of amides is 1. The van der Waals surface area contributed by atoms with Crippen LogP contribution in [0, 0.1) is 0 Å². The first-order valence-corrected chi connectivity index (χ1v) is 7.99. The molecule has 116 valence electrons. The highest BCUT2D eigenvalue weighted by molar-refractivity contribution is 5.81. The van der Waals surface area contributed by atoms with Gasteiger partial charge in [0.25, 0.3) is 0 Å². The summed E-state index contributed by atoms with van der Waals surface area (Å²) in [7, 11) is 0. The molecule has 4 nitrogen and oxygen atoms in total. The second-order valence-electron chi connectivity index (χ2n) is 5.51. The molecule has 1 saturated heterocycles. The summed E-state index contributed by atoms with van der Waals surface area (Å²) in [4.78, 5) is 12.0. The van der Waals surface area contributed by atoms with E-state index < -0.39 is 0 Å². The number of piperidine rings is 1. The second kappa shape index (κ2) is 8.03. The van der Waals surface area contributed by atoms with Crippen LogP contribution in [-0.4, -0.2) is 31.6 Å². The van der Waals surface area contributed by atoms with E-state index in [0.717, 1.165) is 38.2 Å². The number of para-hydroxylation sites is 1. The minimum Gasteiger partial charge on any atom is -0.493 e. The zero-order valence-corrected chi connectivity index (χ0v) is 13.0. The number of rotatable bonds is 6. The first kappa shape index (κ1) is 15.8. The van der Waals surface area contributed by atoms with Crippen molar-refractivity contribution in [2.75, 3.05) is 19.7 Å². The zero-order valence-electron chi connectivity index (χ0n) is 13.0. The van der Waals surface area contributed by atoms with E-state index in [4.69, 9.17) is 4.74 Å². The number of likely N-dealkylation sites (N-methyl/N-ethyl adjacent to an activating group) is 1. The lowest BCUT2D eigenvalue weighted by atomic mass is 9.85. The van der Waals surface area contributed by atoms with E-state index in [1.807, 2.05) is 19.1 Å². The van der Waals surface area contributed by atoms with Gasteiger partial charge in [-0.15, -0.1) is 0 Å². The number of nitrogens with one attached hydrogen (secondary N) is 2. The van der Waals surface area contributed by atoms with Crippen molar-refractivity contribution in [3.63, 3.8) is 0 Å². The van der Waals surface area contributed by atoms with Crippen molar-refractivity contribution in [1.82, 2.24) is 10.6 Å². The largest absolute Gasteiger partial charge is 0.493 e. The van der Waals surface area contributed by atoms with Crippen LogP contribution in [0.4, 0.5) is 0 Å². The van der Waals surface area contributed by atoms with Gasteiger partial charge in [0.15, 0.2) is 0 Å². The molecular formula is C17H26N2O2. The van der Waals surface area contributed by atoms with Crippen molar-refractivity contribution in [3.8, 4) is 5.75 Å². The van der Waals surface area contributed by atoms with Crippen LogP contribution in [0.2, 0.25) is 0 Å². The first-order chi connectivity index (χ1) is 10.3. The minimum atomic E-state index is -0.0945. The molecule has 0 saturated carbocycles. The van der Waals surface area contributed by atoms with Crippen LogP contribution < -0.4 is 15.4 Å². The molecule has 4 heteroatoms. The van der Waals surface area contributed by atoms with E-state index in [1.54, 1.807) is 0 Å². The van der Waals surface area contributed by atoms with Crippen molar-refractivity contribution in [2.24, 2.45) is 0 Å². The molecule has 1 heterocycles. The van der Waals surface area contributed by atoms with Crippen molar-refractivity contribution in [2.45, 2.75) is 45.1 Å². The van der Waals surface area contributed by atoms with Gasteiger partial charge in [0, 0.05) is 6.54 Å². The summed E-state index contributed by atoms with van der Waals surface area (Å²) in [6.07, 6.45) is 2.88. The van der Waals surface area contributed by atoms with Gasteiger partial charge in [-0.1, -0.05) is 25.1 Å². The van der Waals surface area contributed by atoms with Gasteiger partial charge in [0.2, 0.25) is 5.91 Å². The van der Waals surface area contributed by atoms with Gasteiger partial charge in [-0.2, -0.15) is 0 Å². The van der Waals surface area contributed by atoms with Crippen LogP contribution in [0.15, 0.2) is 24.3 Å². The summed E-state index contributed by atoms with van der Waals surface area (Å²) in [6.45, 7) is 6.35. The van der Waals surface area contributed by atoms with Gasteiger partial charge in [0.05, 0.1) is 12.6 Å². The molecule has 1 aliphatic rings. The summed E-state index contributed by atoms with van der Waals surface area (Å²) >= 11 is 0. The summed E-state index contributed by atoms with van der Waals surface area (Å²) in [5, 5.41) is 6.22. The van der Waals surface area contributed by atoms with E-state index in [0.29, 0.717) is 12.5 Å². The van der Waals surface area contributed by atoms with Gasteiger partial charge < -0.3 is 15.4 Å². The smallest absolute Gasteiger partial charge is 0.237 e. The monoisotopic (exact) mass is 290 g/mol. The van der Waals surface area contributed by atoms with E-state index in [2.05, 4.69) is 29.7 Å². The molecule has 0 radical (unpaired) electrons. The Balaban J connectivity index is 2.08. The van der Waals surface area contributed by atoms with Gasteiger partial charge in [-0.05, 0) is 50.3 Å². The lowest BCUT2D eigenvalue weighted by molar-refractivity contribution is -0.123. The SMILES string of the molecule is CCCOc1ccccc1C1CCNC(C(=O)NCC)C1. The Kier molecular flexibility index (Phi) is 6.05. The maximum absolute atomic E-state index is 12.0. The van der Waals surface area contributed by atoms with E-state index in [1.165, 1.54) is 5.56 Å². The average Bonchev–Trinajstić information content (AvgIpc) is 2.53. The summed E-state index contributed by atoms with van der Waals surface area (Å²) in [6, 6.07) is 8.14. The highest BCUT2D eigenvalue weighted by atomic mass is 16.5. The maximum Gasteiger partial charge on any atom is 0.237 e. The predicted octanol–water partition coefficient (Wildman–Crippen LogP) is 2.45. The van der Waals surface area contributed by atoms with Crippen LogP contribution in [-0.2, 0) is 4.79 Å². The quantitative estimate of drug-likeness (QED) is 0.846. The number of hydrogen-bond acceptors (Lipinski definition) is 3. The predicted molar refractivity (Wildman–Crippen MR) is 84.7 cm³/mol. The van der Waals surface area contributed by atoms with Crippen molar-refractivity contribution in [3.05, 3.63) is 29.8 Å². The maximum atomic E-state index is 12.0. The fourth-order valence-corrected chi connectivity index (χ4v) is 2.86. The number of benzene rings is 1. The molecule has 1 aromatic carbocycles. The summed E-state index contributed by atoms with van der Waals surface area (Å²) < 4.78 is 5.86. The molecular weight excluding hydrogens is 264 g/mol. The zero-order chi connectivity index (χ0) is 15.1. The average molecular weight is 290 g/mol. The van der Waals surface area contributed by atoms with Crippen LogP contribution in [0.25, 0.3) is 0 Å². The highest BCUT2D eigenvalue weighted by Gasteiger charge is 2.28. The Bertz CT molecular complexity index is 462. The third kappa shape index (κ3) is 4.21. The number of hydrogen-bond donors (Lipinski definition) is 2. The molecule has 0 bridgehead atoms. The van der Waals surface area contributed by atoms with Crippen LogP contribution in [0.5, 0.6) is 5.75 Å². The standard InChI is InChI=1S/C17H26N2O2/c1-3-11-21-16-8-6-5-7-14(16)13-9-10-19-15(12-13)17(20)18-4-2/h5-8,13,15,19H,3-4,9-12H2,1-2H3,(H,18,20). The summed E-state index contributed by atoms with van der Waals surface area (Å²) in [5.74, 6) is 1.46. The molecule has 2 unspecified atom stereocenters. The number of ether oxygens (including phenoxy) is 1. The third-order valence-corrected chi connectivity index (χ3v) is 3.89. The Labute approximate surface area is 127 Å². The highest BCUT2D eigenvalue weighted by Crippen LogP contribution is 2.34. The van der Waals surface area contributed by atoms with Crippen LogP contribution in [0.1, 0.15) is 44.6 Å². The van der Waals surface area contributed by atoms with Crippen molar-refractivity contribution >= 4 is 5.91 Å². The van der Waals surface area contributed by atoms with Crippen LogP contribution >= 0.6 is 0 Å². The number of carbonyl (C=O) groups is 1. The molecule has 1 fully saturated rings. The van der Waals surface area contributed by atoms with E-state index in [9.17, 15) is 4.79 Å². The van der Waals surface area contributed by atoms with Crippen molar-refractivity contribution < 1.29 is 9.53 Å².